The molecule has 0 saturated heterocycles. The van der Waals surface area contributed by atoms with E-state index in [-0.39, 0.29) is 25.2 Å². The van der Waals surface area contributed by atoms with Gasteiger partial charge in [-0.25, -0.2) is 0 Å². The molecule has 0 aromatic rings. The fourth-order valence-electron chi connectivity index (χ4n) is 14.1. The molecule has 1 atom stereocenters. The Bertz CT molecular complexity index is 1520. The number of hydrogen-bond acceptors (Lipinski definition) is 5. The maximum absolute atomic E-state index is 12.4. The van der Waals surface area contributed by atoms with E-state index in [0.29, 0.717) is 12.8 Å². The van der Waals surface area contributed by atoms with Crippen LogP contribution in [0.3, 0.4) is 0 Å². The lowest BCUT2D eigenvalue weighted by Gasteiger charge is -2.15. The molecule has 0 aliphatic carbocycles. The number of aliphatic hydroxyl groups is 1. The predicted molar refractivity (Wildman–Crippen MR) is 422 cm³/mol. The summed E-state index contributed by atoms with van der Waals surface area (Å²) in [6, 6.07) is 0. The van der Waals surface area contributed by atoms with E-state index in [1.807, 2.05) is 0 Å². The first kappa shape index (κ1) is 93.1. The Morgan fingerprint density at radius 1 is 0.242 bits per heavy atom. The molecule has 1 unspecified atom stereocenters. The Morgan fingerprint density at radius 2 is 0.421 bits per heavy atom. The van der Waals surface area contributed by atoms with Crippen LogP contribution in [-0.2, 0) is 19.1 Å². The number of ether oxygens (including phenoxy) is 2. The average Bonchev–Trinajstić information content (AvgIpc) is 3.80. The lowest BCUT2D eigenvalue weighted by molar-refractivity contribution is -0.161. The highest BCUT2D eigenvalue weighted by atomic mass is 16.6. The van der Waals surface area contributed by atoms with Crippen molar-refractivity contribution in [1.29, 1.82) is 0 Å². The zero-order valence-electron chi connectivity index (χ0n) is 65.0. The molecule has 0 rings (SSSR count). The van der Waals surface area contributed by atoms with Gasteiger partial charge in [0.25, 0.3) is 0 Å². The van der Waals surface area contributed by atoms with E-state index < -0.39 is 6.10 Å². The molecular formula is C90H172O5. The van der Waals surface area contributed by atoms with Crippen molar-refractivity contribution in [3.05, 3.63) is 36.5 Å². The minimum absolute atomic E-state index is 0.0572. The molecule has 0 aromatic carbocycles. The summed E-state index contributed by atoms with van der Waals surface area (Å²) < 4.78 is 10.8. The summed E-state index contributed by atoms with van der Waals surface area (Å²) >= 11 is 0. The van der Waals surface area contributed by atoms with E-state index in [2.05, 4.69) is 50.3 Å². The van der Waals surface area contributed by atoms with Gasteiger partial charge in [-0.1, -0.05) is 480 Å². The average molecular weight is 1330 g/mol. The second kappa shape index (κ2) is 86.3. The summed E-state index contributed by atoms with van der Waals surface area (Å²) in [5.41, 5.74) is 0. The predicted octanol–water partition coefficient (Wildman–Crippen LogP) is 31.2. The van der Waals surface area contributed by atoms with Gasteiger partial charge >= 0.3 is 11.9 Å². The number of rotatable bonds is 84. The van der Waals surface area contributed by atoms with Crippen molar-refractivity contribution >= 4 is 11.9 Å². The van der Waals surface area contributed by atoms with Crippen molar-refractivity contribution in [2.24, 2.45) is 0 Å². The molecular weight excluding hydrogens is 1160 g/mol. The smallest absolute Gasteiger partial charge is 0.306 e. The standard InChI is InChI=1S/C90H172O5/c1-3-5-7-9-11-13-15-17-19-21-23-25-27-29-31-33-35-37-39-41-43-45-47-49-51-53-55-57-59-61-63-65-67-69-71-73-75-77-79-81-83-85-90(93)95-88(86-91)87-94-89(92)84-82-80-78-76-74-72-70-68-66-64-62-60-58-56-54-52-50-48-46-44-42-40-38-36-34-32-30-28-26-24-22-20-18-16-14-12-10-8-6-4-2/h15,17,21,23,27,29,88,91H,3-14,16,18-20,22,24-26,28,30-87H2,1-2H3/b17-15-,23-21-,29-27-. The normalized spacial score (nSPS) is 12.2. The van der Waals surface area contributed by atoms with Crippen LogP contribution in [0, 0.1) is 0 Å². The Hall–Kier alpha value is -1.88. The highest BCUT2D eigenvalue weighted by Gasteiger charge is 2.16. The van der Waals surface area contributed by atoms with Crippen LogP contribution in [0.5, 0.6) is 0 Å². The van der Waals surface area contributed by atoms with Crippen molar-refractivity contribution in [1.82, 2.24) is 0 Å². The van der Waals surface area contributed by atoms with Gasteiger partial charge in [0.2, 0.25) is 0 Å². The second-order valence-electron chi connectivity index (χ2n) is 30.3. The van der Waals surface area contributed by atoms with Gasteiger partial charge in [-0.2, -0.15) is 0 Å². The fourth-order valence-corrected chi connectivity index (χ4v) is 14.1. The Labute approximate surface area is 596 Å². The third-order valence-electron chi connectivity index (χ3n) is 20.7. The highest BCUT2D eigenvalue weighted by Crippen LogP contribution is 2.21. The van der Waals surface area contributed by atoms with E-state index in [1.165, 1.54) is 437 Å². The van der Waals surface area contributed by atoms with Crippen molar-refractivity contribution < 1.29 is 24.2 Å². The summed E-state index contributed by atoms with van der Waals surface area (Å²) in [4.78, 5) is 24.8. The topological polar surface area (TPSA) is 72.8 Å². The molecule has 0 aliphatic heterocycles. The summed E-state index contributed by atoms with van der Waals surface area (Å²) in [6.45, 7) is 4.21. The van der Waals surface area contributed by atoms with Crippen molar-refractivity contribution in [2.75, 3.05) is 13.2 Å². The van der Waals surface area contributed by atoms with E-state index in [4.69, 9.17) is 9.47 Å². The molecule has 0 aromatic heterocycles. The first-order valence-electron chi connectivity index (χ1n) is 44.0. The first-order chi connectivity index (χ1) is 47.1. The third kappa shape index (κ3) is 84.5. The van der Waals surface area contributed by atoms with Crippen LogP contribution < -0.4 is 0 Å². The van der Waals surface area contributed by atoms with Gasteiger partial charge in [-0.15, -0.1) is 0 Å². The molecule has 0 radical (unpaired) electrons. The number of allylic oxidation sites excluding steroid dienone is 6. The van der Waals surface area contributed by atoms with Crippen molar-refractivity contribution in [3.63, 3.8) is 0 Å². The van der Waals surface area contributed by atoms with Gasteiger partial charge in [0.15, 0.2) is 6.10 Å². The number of esters is 2. The van der Waals surface area contributed by atoms with Gasteiger partial charge in [0, 0.05) is 12.8 Å². The van der Waals surface area contributed by atoms with Crippen molar-refractivity contribution in [2.45, 2.75) is 514 Å². The molecule has 562 valence electrons. The molecule has 0 spiro atoms. The summed E-state index contributed by atoms with van der Waals surface area (Å²) in [5, 5.41) is 9.75. The van der Waals surface area contributed by atoms with Crippen LogP contribution >= 0.6 is 0 Å². The number of hydrogen-bond donors (Lipinski definition) is 1. The van der Waals surface area contributed by atoms with Crippen LogP contribution in [0.4, 0.5) is 0 Å². The SMILES string of the molecule is CCCCCCC/C=C\C/C=C\C/C=C\CCCCCCCCCCCCCCCCCCCCCCCCCCCCC(=O)OC(CO)COC(=O)CCCCCCCCCCCCCCCCCCCCCCCCCCCCCCCCCCCCCCCCCC. The quantitative estimate of drug-likeness (QED) is 0.0373. The third-order valence-corrected chi connectivity index (χ3v) is 20.7. The first-order valence-corrected chi connectivity index (χ1v) is 44.0. The summed E-state index contributed by atoms with van der Waals surface area (Å²) in [5.74, 6) is -0.558. The lowest BCUT2D eigenvalue weighted by Crippen LogP contribution is -2.28. The molecule has 0 saturated carbocycles. The highest BCUT2D eigenvalue weighted by molar-refractivity contribution is 5.70. The van der Waals surface area contributed by atoms with Gasteiger partial charge in [0.1, 0.15) is 6.61 Å². The molecule has 0 bridgehead atoms. The molecule has 0 fully saturated rings. The number of carbonyl (C=O) groups is 2. The number of aliphatic hydroxyl groups excluding tert-OH is 1. The molecule has 1 N–H and O–H groups in total. The zero-order chi connectivity index (χ0) is 68.3. The minimum Gasteiger partial charge on any atom is -0.462 e. The lowest BCUT2D eigenvalue weighted by atomic mass is 10.0. The van der Waals surface area contributed by atoms with Crippen molar-refractivity contribution in [3.8, 4) is 0 Å². The van der Waals surface area contributed by atoms with E-state index in [1.54, 1.807) is 0 Å². The van der Waals surface area contributed by atoms with E-state index >= 15 is 0 Å². The van der Waals surface area contributed by atoms with E-state index in [9.17, 15) is 14.7 Å². The van der Waals surface area contributed by atoms with Gasteiger partial charge in [-0.05, 0) is 51.4 Å². The monoisotopic (exact) mass is 1330 g/mol. The molecule has 0 aliphatic rings. The zero-order valence-corrected chi connectivity index (χ0v) is 65.0. The van der Waals surface area contributed by atoms with E-state index in [0.717, 1.165) is 44.9 Å². The maximum Gasteiger partial charge on any atom is 0.306 e. The Balaban J connectivity index is 3.34. The number of unbranched alkanes of at least 4 members (excludes halogenated alkanes) is 70. The van der Waals surface area contributed by atoms with Gasteiger partial charge < -0.3 is 14.6 Å². The Kier molecular flexibility index (Phi) is 84.6. The molecule has 5 heteroatoms. The Morgan fingerprint density at radius 3 is 0.632 bits per heavy atom. The summed E-state index contributed by atoms with van der Waals surface area (Å²) in [6.07, 6.45) is 117. The molecule has 0 amide bonds. The fraction of sp³-hybridized carbons (Fsp3) is 0.911. The molecule has 5 nitrogen and oxygen atoms in total. The van der Waals surface area contributed by atoms with Crippen LogP contribution in [0.1, 0.15) is 508 Å². The second-order valence-corrected chi connectivity index (χ2v) is 30.3. The van der Waals surface area contributed by atoms with Crippen LogP contribution in [-0.4, -0.2) is 36.4 Å². The van der Waals surface area contributed by atoms with Crippen LogP contribution in [0.25, 0.3) is 0 Å². The number of carbonyl (C=O) groups excluding carboxylic acids is 2. The largest absolute Gasteiger partial charge is 0.462 e. The van der Waals surface area contributed by atoms with Gasteiger partial charge in [0.05, 0.1) is 6.61 Å². The van der Waals surface area contributed by atoms with Crippen LogP contribution in [0.15, 0.2) is 36.5 Å². The molecule has 0 heterocycles. The minimum atomic E-state index is -0.770. The molecule has 95 heavy (non-hydrogen) atoms. The van der Waals surface area contributed by atoms with Gasteiger partial charge in [-0.3, -0.25) is 9.59 Å². The van der Waals surface area contributed by atoms with Crippen LogP contribution in [0.2, 0.25) is 0 Å². The maximum atomic E-state index is 12.4. The summed E-state index contributed by atoms with van der Waals surface area (Å²) in [7, 11) is 0.